The normalized spacial score (nSPS) is 12.8. The minimum absolute atomic E-state index is 0.214. The summed E-state index contributed by atoms with van der Waals surface area (Å²) < 4.78 is 5.00. The van der Waals surface area contributed by atoms with Crippen molar-refractivity contribution in [2.45, 2.75) is 18.9 Å². The fraction of sp³-hybridized carbons (Fsp3) is 0.263. The number of amides is 2. The van der Waals surface area contributed by atoms with Crippen molar-refractivity contribution >= 4 is 29.3 Å². The Morgan fingerprint density at radius 2 is 1.78 bits per heavy atom. The van der Waals surface area contributed by atoms with Gasteiger partial charge in [0.05, 0.1) is 5.56 Å². The molecule has 0 bridgehead atoms. The van der Waals surface area contributed by atoms with Crippen molar-refractivity contribution in [1.29, 1.82) is 0 Å². The molecule has 0 radical (unpaired) electrons. The number of rotatable bonds is 7. The van der Waals surface area contributed by atoms with E-state index in [2.05, 4.69) is 20.9 Å². The molecular weight excluding hydrogens is 348 g/mol. The molecule has 0 unspecified atom stereocenters. The highest BCUT2D eigenvalue weighted by molar-refractivity contribution is 5.97. The van der Waals surface area contributed by atoms with Crippen molar-refractivity contribution in [2.75, 3.05) is 24.3 Å². The molecule has 0 atom stereocenters. The van der Waals surface area contributed by atoms with E-state index in [9.17, 15) is 14.4 Å². The van der Waals surface area contributed by atoms with E-state index in [4.69, 9.17) is 4.74 Å². The molecular formula is C19H20N4O4. The largest absolute Gasteiger partial charge is 0.452 e. The van der Waals surface area contributed by atoms with Crippen molar-refractivity contribution in [3.8, 4) is 0 Å². The van der Waals surface area contributed by atoms with Crippen LogP contribution in [0.1, 0.15) is 33.6 Å². The maximum atomic E-state index is 12.0. The van der Waals surface area contributed by atoms with Gasteiger partial charge < -0.3 is 20.7 Å². The molecule has 3 rings (SSSR count). The SMILES string of the molecule is CNC(=O)c1ccc(NC(=O)COC(=O)c2ccc(NC3CC3)nc2)cc1. The fourth-order valence-electron chi connectivity index (χ4n) is 2.30. The number of hydrogen-bond acceptors (Lipinski definition) is 6. The van der Waals surface area contributed by atoms with E-state index in [1.54, 1.807) is 43.4 Å². The average Bonchev–Trinajstić information content (AvgIpc) is 3.50. The monoisotopic (exact) mass is 368 g/mol. The van der Waals surface area contributed by atoms with Crippen molar-refractivity contribution in [2.24, 2.45) is 0 Å². The Balaban J connectivity index is 1.46. The highest BCUT2D eigenvalue weighted by atomic mass is 16.5. The van der Waals surface area contributed by atoms with E-state index >= 15 is 0 Å². The summed E-state index contributed by atoms with van der Waals surface area (Å²) in [4.78, 5) is 39.5. The molecule has 1 aromatic carbocycles. The lowest BCUT2D eigenvalue weighted by molar-refractivity contribution is -0.119. The van der Waals surface area contributed by atoms with Crippen LogP contribution in [0.15, 0.2) is 42.6 Å². The number of nitrogens with zero attached hydrogens (tertiary/aromatic N) is 1. The van der Waals surface area contributed by atoms with Crippen molar-refractivity contribution in [1.82, 2.24) is 10.3 Å². The Hall–Kier alpha value is -3.42. The number of hydrogen-bond donors (Lipinski definition) is 3. The molecule has 1 aliphatic carbocycles. The van der Waals surface area contributed by atoms with Crippen LogP contribution in [-0.4, -0.2) is 42.5 Å². The van der Waals surface area contributed by atoms with Gasteiger partial charge in [-0.25, -0.2) is 9.78 Å². The van der Waals surface area contributed by atoms with Gasteiger partial charge in [0.25, 0.3) is 11.8 Å². The number of carbonyl (C=O) groups excluding carboxylic acids is 3. The van der Waals surface area contributed by atoms with Crippen LogP contribution in [0.3, 0.4) is 0 Å². The lowest BCUT2D eigenvalue weighted by Crippen LogP contribution is -2.21. The highest BCUT2D eigenvalue weighted by Crippen LogP contribution is 2.23. The van der Waals surface area contributed by atoms with Crippen LogP contribution in [0.2, 0.25) is 0 Å². The highest BCUT2D eigenvalue weighted by Gasteiger charge is 2.21. The van der Waals surface area contributed by atoms with Gasteiger partial charge in [-0.15, -0.1) is 0 Å². The summed E-state index contributed by atoms with van der Waals surface area (Å²) in [5, 5.41) is 8.33. The van der Waals surface area contributed by atoms with Crippen LogP contribution in [0.4, 0.5) is 11.5 Å². The molecule has 1 heterocycles. The van der Waals surface area contributed by atoms with E-state index in [1.165, 1.54) is 6.20 Å². The summed E-state index contributed by atoms with van der Waals surface area (Å²) in [6.45, 7) is -0.419. The van der Waals surface area contributed by atoms with Gasteiger partial charge in [0.15, 0.2) is 6.61 Å². The Morgan fingerprint density at radius 3 is 2.37 bits per heavy atom. The van der Waals surface area contributed by atoms with Crippen molar-refractivity contribution < 1.29 is 19.1 Å². The van der Waals surface area contributed by atoms with Crippen LogP contribution in [-0.2, 0) is 9.53 Å². The van der Waals surface area contributed by atoms with E-state index in [1.807, 2.05) is 0 Å². The van der Waals surface area contributed by atoms with Gasteiger partial charge >= 0.3 is 5.97 Å². The number of nitrogens with one attached hydrogen (secondary N) is 3. The van der Waals surface area contributed by atoms with Crippen LogP contribution in [0.25, 0.3) is 0 Å². The second-order valence-electron chi connectivity index (χ2n) is 6.13. The Morgan fingerprint density at radius 1 is 1.07 bits per heavy atom. The van der Waals surface area contributed by atoms with E-state index in [0.29, 0.717) is 23.1 Å². The number of pyridine rings is 1. The predicted molar refractivity (Wildman–Crippen MR) is 99.6 cm³/mol. The van der Waals surface area contributed by atoms with Crippen molar-refractivity contribution in [3.05, 3.63) is 53.7 Å². The molecule has 27 heavy (non-hydrogen) atoms. The molecule has 8 nitrogen and oxygen atoms in total. The quantitative estimate of drug-likeness (QED) is 0.643. The fourth-order valence-corrected chi connectivity index (χ4v) is 2.30. The molecule has 2 aromatic rings. The Kier molecular flexibility index (Phi) is 5.65. The number of ether oxygens (including phenoxy) is 1. The molecule has 3 N–H and O–H groups in total. The molecule has 1 aromatic heterocycles. The molecule has 0 aliphatic heterocycles. The second kappa shape index (κ2) is 8.31. The van der Waals surface area contributed by atoms with Crippen molar-refractivity contribution in [3.63, 3.8) is 0 Å². The molecule has 140 valence electrons. The standard InChI is InChI=1S/C19H20N4O4/c1-20-18(25)12-2-5-15(6-3-12)23-17(24)11-27-19(26)13-4-9-16(21-10-13)22-14-7-8-14/h2-6,9-10,14H,7-8,11H2,1H3,(H,20,25)(H,21,22)(H,23,24). The lowest BCUT2D eigenvalue weighted by Gasteiger charge is -2.08. The van der Waals surface area contributed by atoms with Crippen LogP contribution in [0.5, 0.6) is 0 Å². The zero-order valence-electron chi connectivity index (χ0n) is 14.8. The molecule has 1 fully saturated rings. The first-order valence-corrected chi connectivity index (χ1v) is 8.57. The van der Waals surface area contributed by atoms with Gasteiger partial charge in [0.1, 0.15) is 5.82 Å². The second-order valence-corrected chi connectivity index (χ2v) is 6.13. The first-order chi connectivity index (χ1) is 13.0. The molecule has 2 amide bonds. The smallest absolute Gasteiger partial charge is 0.340 e. The first-order valence-electron chi connectivity index (χ1n) is 8.57. The Labute approximate surface area is 156 Å². The number of aromatic nitrogens is 1. The minimum Gasteiger partial charge on any atom is -0.452 e. The number of anilines is 2. The van der Waals surface area contributed by atoms with Gasteiger partial charge in [-0.2, -0.15) is 0 Å². The van der Waals surface area contributed by atoms with E-state index < -0.39 is 18.5 Å². The molecule has 0 spiro atoms. The molecule has 1 aliphatic rings. The maximum absolute atomic E-state index is 12.0. The number of carbonyl (C=O) groups is 3. The summed E-state index contributed by atoms with van der Waals surface area (Å²) in [5.74, 6) is -0.595. The van der Waals surface area contributed by atoms with Gasteiger partial charge in [0, 0.05) is 30.5 Å². The van der Waals surface area contributed by atoms with Crippen LogP contribution in [0, 0.1) is 0 Å². The zero-order chi connectivity index (χ0) is 19.2. The topological polar surface area (TPSA) is 109 Å². The summed E-state index contributed by atoms with van der Waals surface area (Å²) in [6, 6.07) is 10.2. The molecule has 0 saturated heterocycles. The number of benzene rings is 1. The third-order valence-electron chi connectivity index (χ3n) is 3.92. The van der Waals surface area contributed by atoms with Gasteiger partial charge in [-0.1, -0.05) is 0 Å². The maximum Gasteiger partial charge on any atom is 0.340 e. The lowest BCUT2D eigenvalue weighted by atomic mass is 10.2. The van der Waals surface area contributed by atoms with Gasteiger partial charge in [-0.3, -0.25) is 9.59 Å². The zero-order valence-corrected chi connectivity index (χ0v) is 14.8. The Bertz CT molecular complexity index is 830. The van der Waals surface area contributed by atoms with Gasteiger partial charge in [0.2, 0.25) is 0 Å². The third-order valence-corrected chi connectivity index (χ3v) is 3.92. The van der Waals surface area contributed by atoms with Gasteiger partial charge in [-0.05, 0) is 49.2 Å². The first kappa shape index (κ1) is 18.4. The van der Waals surface area contributed by atoms with E-state index in [0.717, 1.165) is 12.8 Å². The summed E-state index contributed by atoms with van der Waals surface area (Å²) in [6.07, 6.45) is 3.69. The third kappa shape index (κ3) is 5.27. The van der Waals surface area contributed by atoms with Crippen LogP contribution >= 0.6 is 0 Å². The summed E-state index contributed by atoms with van der Waals surface area (Å²) >= 11 is 0. The molecule has 8 heteroatoms. The average molecular weight is 368 g/mol. The summed E-state index contributed by atoms with van der Waals surface area (Å²) in [7, 11) is 1.54. The minimum atomic E-state index is -0.620. The summed E-state index contributed by atoms with van der Waals surface area (Å²) in [5.41, 5.74) is 1.26. The van der Waals surface area contributed by atoms with E-state index in [-0.39, 0.29) is 11.5 Å². The predicted octanol–water partition coefficient (Wildman–Crippen LogP) is 1.81. The number of esters is 1. The van der Waals surface area contributed by atoms with Crippen LogP contribution < -0.4 is 16.0 Å². The molecule has 1 saturated carbocycles.